The first-order chi connectivity index (χ1) is 15.9. The number of aromatic nitrogens is 2. The largest absolute Gasteiger partial charge is 0.380 e. The Morgan fingerprint density at radius 2 is 1.85 bits per heavy atom. The number of halogens is 2. The van der Waals surface area contributed by atoms with Crippen molar-refractivity contribution in [3.8, 4) is 5.69 Å². The Morgan fingerprint density at radius 1 is 1.12 bits per heavy atom. The van der Waals surface area contributed by atoms with Crippen LogP contribution in [0.3, 0.4) is 0 Å². The summed E-state index contributed by atoms with van der Waals surface area (Å²) in [4.78, 5) is 27.2. The highest BCUT2D eigenvalue weighted by Crippen LogP contribution is 2.23. The van der Waals surface area contributed by atoms with E-state index in [2.05, 4.69) is 20.6 Å². The SMILES string of the molecule is Cc1ccc(-n2ncc(NC3CCN(CC(=O)Nc4ccccc4)CC3)c(Cl)c2=O)cc1Cl. The predicted octanol–water partition coefficient (Wildman–Crippen LogP) is 4.36. The first-order valence-corrected chi connectivity index (χ1v) is 11.5. The third-order valence-electron chi connectivity index (χ3n) is 5.69. The fraction of sp³-hybridized carbons (Fsp3) is 0.292. The topological polar surface area (TPSA) is 79.3 Å². The summed E-state index contributed by atoms with van der Waals surface area (Å²) < 4.78 is 1.24. The standard InChI is InChI=1S/C24H25Cl2N5O2/c1-16-7-8-19(13-20(16)25)31-24(33)23(26)21(14-27-31)28-18-9-11-30(12-10-18)15-22(32)29-17-5-3-2-4-6-17/h2-8,13-14,18,28H,9-12,15H2,1H3,(H,29,32). The molecule has 1 aliphatic rings. The van der Waals surface area contributed by atoms with Crippen molar-refractivity contribution >= 4 is 40.5 Å². The number of carbonyl (C=O) groups is 1. The Kier molecular flexibility index (Phi) is 7.33. The van der Waals surface area contributed by atoms with E-state index in [1.165, 1.54) is 4.68 Å². The molecule has 172 valence electrons. The quantitative estimate of drug-likeness (QED) is 0.541. The van der Waals surface area contributed by atoms with Gasteiger partial charge in [0.05, 0.1) is 24.1 Å². The highest BCUT2D eigenvalue weighted by atomic mass is 35.5. The molecule has 1 saturated heterocycles. The van der Waals surface area contributed by atoms with E-state index in [9.17, 15) is 9.59 Å². The minimum Gasteiger partial charge on any atom is -0.380 e. The van der Waals surface area contributed by atoms with Gasteiger partial charge in [-0.05, 0) is 49.6 Å². The van der Waals surface area contributed by atoms with E-state index >= 15 is 0 Å². The smallest absolute Gasteiger partial charge is 0.292 e. The molecule has 0 spiro atoms. The molecule has 0 atom stereocenters. The molecule has 4 rings (SSSR count). The Bertz CT molecular complexity index is 1190. The summed E-state index contributed by atoms with van der Waals surface area (Å²) in [6, 6.07) is 14.9. The average Bonchev–Trinajstić information content (AvgIpc) is 2.81. The number of aryl methyl sites for hydroxylation is 1. The van der Waals surface area contributed by atoms with Crippen LogP contribution in [0.4, 0.5) is 11.4 Å². The number of likely N-dealkylation sites (tertiary alicyclic amines) is 1. The summed E-state index contributed by atoms with van der Waals surface area (Å²) in [7, 11) is 0. The minimum atomic E-state index is -0.406. The fourth-order valence-corrected chi connectivity index (χ4v) is 4.17. The molecule has 1 amide bonds. The molecule has 9 heteroatoms. The van der Waals surface area contributed by atoms with Crippen molar-refractivity contribution < 1.29 is 4.79 Å². The zero-order valence-electron chi connectivity index (χ0n) is 18.2. The van der Waals surface area contributed by atoms with Gasteiger partial charge in [0, 0.05) is 29.8 Å². The molecule has 0 unspecified atom stereocenters. The van der Waals surface area contributed by atoms with Crippen LogP contribution >= 0.6 is 23.2 Å². The Labute approximate surface area is 202 Å². The van der Waals surface area contributed by atoms with Gasteiger partial charge in [-0.3, -0.25) is 14.5 Å². The second-order valence-corrected chi connectivity index (χ2v) is 8.92. The van der Waals surface area contributed by atoms with Crippen LogP contribution in [0.1, 0.15) is 18.4 Å². The van der Waals surface area contributed by atoms with Crippen LogP contribution in [0.25, 0.3) is 5.69 Å². The maximum absolute atomic E-state index is 12.8. The van der Waals surface area contributed by atoms with Gasteiger partial charge in [-0.2, -0.15) is 9.78 Å². The molecule has 0 radical (unpaired) electrons. The maximum Gasteiger partial charge on any atom is 0.292 e. The monoisotopic (exact) mass is 485 g/mol. The minimum absolute atomic E-state index is 0.0281. The Morgan fingerprint density at radius 3 is 2.55 bits per heavy atom. The van der Waals surface area contributed by atoms with Gasteiger partial charge < -0.3 is 10.6 Å². The predicted molar refractivity (Wildman–Crippen MR) is 133 cm³/mol. The van der Waals surface area contributed by atoms with Crippen LogP contribution in [-0.2, 0) is 4.79 Å². The van der Waals surface area contributed by atoms with Gasteiger partial charge in [0.1, 0.15) is 5.02 Å². The summed E-state index contributed by atoms with van der Waals surface area (Å²) in [5.41, 5.74) is 2.38. The van der Waals surface area contributed by atoms with E-state index in [1.54, 1.807) is 18.3 Å². The number of hydrogen-bond donors (Lipinski definition) is 2. The van der Waals surface area contributed by atoms with Crippen molar-refractivity contribution in [2.45, 2.75) is 25.8 Å². The Balaban J connectivity index is 1.34. The molecule has 0 bridgehead atoms. The van der Waals surface area contributed by atoms with Gasteiger partial charge in [0.15, 0.2) is 0 Å². The van der Waals surface area contributed by atoms with Crippen molar-refractivity contribution in [3.63, 3.8) is 0 Å². The molecule has 2 heterocycles. The molecule has 2 N–H and O–H groups in total. The molecule has 0 saturated carbocycles. The first kappa shape index (κ1) is 23.3. The second kappa shape index (κ2) is 10.4. The molecule has 33 heavy (non-hydrogen) atoms. The van der Waals surface area contributed by atoms with Gasteiger partial charge in [0.2, 0.25) is 5.91 Å². The molecule has 0 aliphatic carbocycles. The van der Waals surface area contributed by atoms with E-state index in [0.29, 0.717) is 22.9 Å². The number of anilines is 2. The zero-order chi connectivity index (χ0) is 23.4. The highest BCUT2D eigenvalue weighted by Gasteiger charge is 2.22. The molecule has 1 aromatic heterocycles. The molecule has 7 nitrogen and oxygen atoms in total. The van der Waals surface area contributed by atoms with Crippen molar-refractivity contribution in [2.24, 2.45) is 0 Å². The third-order valence-corrected chi connectivity index (χ3v) is 6.46. The fourth-order valence-electron chi connectivity index (χ4n) is 3.81. The molecular formula is C24H25Cl2N5O2. The van der Waals surface area contributed by atoms with E-state index in [-0.39, 0.29) is 17.0 Å². The number of piperidine rings is 1. The lowest BCUT2D eigenvalue weighted by Crippen LogP contribution is -2.42. The molecule has 1 fully saturated rings. The molecule has 3 aromatic rings. The number of amides is 1. The average molecular weight is 486 g/mol. The summed E-state index contributed by atoms with van der Waals surface area (Å²) in [6.45, 7) is 3.77. The lowest BCUT2D eigenvalue weighted by molar-refractivity contribution is -0.117. The lowest BCUT2D eigenvalue weighted by Gasteiger charge is -2.32. The number of nitrogens with zero attached hydrogens (tertiary/aromatic N) is 3. The van der Waals surface area contributed by atoms with Crippen LogP contribution in [0.15, 0.2) is 59.5 Å². The van der Waals surface area contributed by atoms with Crippen molar-refractivity contribution in [1.29, 1.82) is 0 Å². The highest BCUT2D eigenvalue weighted by molar-refractivity contribution is 6.33. The maximum atomic E-state index is 12.8. The number of benzene rings is 2. The van der Waals surface area contributed by atoms with Gasteiger partial charge in [-0.1, -0.05) is 47.5 Å². The number of hydrogen-bond acceptors (Lipinski definition) is 5. The van der Waals surface area contributed by atoms with Crippen LogP contribution < -0.4 is 16.2 Å². The van der Waals surface area contributed by atoms with Crippen molar-refractivity contribution in [1.82, 2.24) is 14.7 Å². The van der Waals surface area contributed by atoms with Crippen LogP contribution in [0.5, 0.6) is 0 Å². The Hall–Kier alpha value is -2.87. The second-order valence-electron chi connectivity index (χ2n) is 8.13. The number of nitrogens with one attached hydrogen (secondary N) is 2. The van der Waals surface area contributed by atoms with E-state index < -0.39 is 5.56 Å². The molecular weight excluding hydrogens is 461 g/mol. The normalized spacial score (nSPS) is 14.8. The van der Waals surface area contributed by atoms with Gasteiger partial charge >= 0.3 is 0 Å². The van der Waals surface area contributed by atoms with Crippen molar-refractivity contribution in [3.05, 3.63) is 80.7 Å². The van der Waals surface area contributed by atoms with E-state index in [0.717, 1.165) is 37.2 Å². The summed E-state index contributed by atoms with van der Waals surface area (Å²) >= 11 is 12.6. The first-order valence-electron chi connectivity index (χ1n) is 10.8. The zero-order valence-corrected chi connectivity index (χ0v) is 19.7. The van der Waals surface area contributed by atoms with Crippen LogP contribution in [-0.4, -0.2) is 46.3 Å². The lowest BCUT2D eigenvalue weighted by atomic mass is 10.0. The van der Waals surface area contributed by atoms with Gasteiger partial charge in [0.25, 0.3) is 5.56 Å². The molecule has 2 aromatic carbocycles. The summed E-state index contributed by atoms with van der Waals surface area (Å²) in [5.74, 6) is -0.0281. The van der Waals surface area contributed by atoms with Crippen molar-refractivity contribution in [2.75, 3.05) is 30.3 Å². The summed E-state index contributed by atoms with van der Waals surface area (Å²) in [6.07, 6.45) is 3.22. The van der Waals surface area contributed by atoms with E-state index in [1.807, 2.05) is 43.3 Å². The third kappa shape index (κ3) is 5.74. The summed E-state index contributed by atoms with van der Waals surface area (Å²) in [5, 5.41) is 11.2. The number of para-hydroxylation sites is 1. The molecule has 1 aliphatic heterocycles. The van der Waals surface area contributed by atoms with Crippen LogP contribution in [0.2, 0.25) is 10.0 Å². The van der Waals surface area contributed by atoms with Gasteiger partial charge in [-0.25, -0.2) is 0 Å². The number of carbonyl (C=O) groups excluding carboxylic acids is 1. The van der Waals surface area contributed by atoms with Gasteiger partial charge in [-0.15, -0.1) is 0 Å². The number of rotatable bonds is 6. The van der Waals surface area contributed by atoms with E-state index in [4.69, 9.17) is 23.2 Å². The van der Waals surface area contributed by atoms with Crippen LogP contribution in [0, 0.1) is 6.92 Å².